The lowest BCUT2D eigenvalue weighted by atomic mass is 10.0. The molecule has 6 nitrogen and oxygen atoms in total. The van der Waals surface area contributed by atoms with Crippen molar-refractivity contribution in [2.45, 2.75) is 25.4 Å². The molecule has 1 amide bonds. The van der Waals surface area contributed by atoms with Crippen molar-refractivity contribution in [3.63, 3.8) is 0 Å². The molecule has 1 aliphatic carbocycles. The Morgan fingerprint density at radius 2 is 1.97 bits per heavy atom. The molecule has 0 aliphatic heterocycles. The summed E-state index contributed by atoms with van der Waals surface area (Å²) in [5.41, 5.74) is 2.56. The van der Waals surface area contributed by atoms with E-state index >= 15 is 0 Å². The van der Waals surface area contributed by atoms with Crippen molar-refractivity contribution in [3.05, 3.63) is 76.6 Å². The highest BCUT2D eigenvalue weighted by Gasteiger charge is 2.27. The van der Waals surface area contributed by atoms with Gasteiger partial charge in [0.05, 0.1) is 23.3 Å². The first-order valence-electron chi connectivity index (χ1n) is 9.70. The van der Waals surface area contributed by atoms with Gasteiger partial charge >= 0.3 is 0 Å². The van der Waals surface area contributed by atoms with E-state index in [4.69, 9.17) is 12.2 Å². The van der Waals surface area contributed by atoms with Crippen molar-refractivity contribution in [2.24, 2.45) is 0 Å². The standard InChI is InChI=1S/C22H18FN5OS/c23-14-7-5-13(6-8-14)19-11-17(16-3-1-2-4-18(16)25-19)21(29)24-12-20-26-27-22(30)28(20)15-9-10-15/h1-8,11,15H,9-10,12H2,(H,24,29)(H,27,30). The summed E-state index contributed by atoms with van der Waals surface area (Å²) in [6.45, 7) is 0.269. The van der Waals surface area contributed by atoms with E-state index in [-0.39, 0.29) is 18.3 Å². The van der Waals surface area contributed by atoms with Crippen LogP contribution in [0.1, 0.15) is 35.1 Å². The van der Waals surface area contributed by atoms with Crippen LogP contribution >= 0.6 is 12.2 Å². The second-order valence-corrected chi connectivity index (χ2v) is 7.69. The number of para-hydroxylation sites is 1. The van der Waals surface area contributed by atoms with Gasteiger partial charge in [0.15, 0.2) is 10.6 Å². The molecule has 0 spiro atoms. The van der Waals surface area contributed by atoms with Crippen molar-refractivity contribution >= 4 is 29.0 Å². The Morgan fingerprint density at radius 3 is 2.73 bits per heavy atom. The van der Waals surface area contributed by atoms with Crippen LogP contribution in [0.25, 0.3) is 22.2 Å². The number of fused-ring (bicyclic) bond motifs is 1. The first kappa shape index (κ1) is 18.6. The Kier molecular flexibility index (Phi) is 4.63. The van der Waals surface area contributed by atoms with Gasteiger partial charge in [-0.25, -0.2) is 9.37 Å². The predicted molar refractivity (Wildman–Crippen MR) is 114 cm³/mol. The zero-order valence-corrected chi connectivity index (χ0v) is 16.7. The summed E-state index contributed by atoms with van der Waals surface area (Å²) in [5, 5.41) is 10.8. The van der Waals surface area contributed by atoms with Crippen molar-refractivity contribution in [2.75, 3.05) is 0 Å². The van der Waals surface area contributed by atoms with E-state index in [9.17, 15) is 9.18 Å². The van der Waals surface area contributed by atoms with E-state index < -0.39 is 0 Å². The molecule has 4 aromatic rings. The SMILES string of the molecule is O=C(NCc1n[nH]c(=S)n1C1CC1)c1cc(-c2ccc(F)cc2)nc2ccccc12. The van der Waals surface area contributed by atoms with Crippen LogP contribution in [0.2, 0.25) is 0 Å². The van der Waals surface area contributed by atoms with E-state index in [1.165, 1.54) is 12.1 Å². The van der Waals surface area contributed by atoms with Crippen LogP contribution in [0.3, 0.4) is 0 Å². The maximum absolute atomic E-state index is 13.3. The lowest BCUT2D eigenvalue weighted by Gasteiger charge is -2.11. The van der Waals surface area contributed by atoms with Gasteiger partial charge in [0.25, 0.3) is 5.91 Å². The number of amides is 1. The molecule has 2 aromatic heterocycles. The number of carbonyl (C=O) groups excluding carboxylic acids is 1. The summed E-state index contributed by atoms with van der Waals surface area (Å²) in [6.07, 6.45) is 2.15. The zero-order valence-electron chi connectivity index (χ0n) is 15.9. The molecule has 2 aromatic carbocycles. The van der Waals surface area contributed by atoms with Gasteiger partial charge in [0.2, 0.25) is 0 Å². The third-order valence-corrected chi connectivity index (χ3v) is 5.49. The monoisotopic (exact) mass is 419 g/mol. The highest BCUT2D eigenvalue weighted by atomic mass is 32.1. The quantitative estimate of drug-likeness (QED) is 0.465. The minimum atomic E-state index is -0.318. The largest absolute Gasteiger partial charge is 0.345 e. The van der Waals surface area contributed by atoms with E-state index in [0.29, 0.717) is 33.4 Å². The smallest absolute Gasteiger partial charge is 0.252 e. The number of nitrogens with zero attached hydrogens (tertiary/aromatic N) is 3. The molecule has 8 heteroatoms. The molecule has 1 aliphatic rings. The number of aromatic amines is 1. The van der Waals surface area contributed by atoms with Crippen molar-refractivity contribution in [3.8, 4) is 11.3 Å². The topological polar surface area (TPSA) is 75.6 Å². The minimum Gasteiger partial charge on any atom is -0.345 e. The van der Waals surface area contributed by atoms with E-state index in [0.717, 1.165) is 23.8 Å². The minimum absolute atomic E-state index is 0.228. The maximum atomic E-state index is 13.3. The molecule has 0 unspecified atom stereocenters. The van der Waals surface area contributed by atoms with Gasteiger partial charge in [-0.1, -0.05) is 18.2 Å². The molecular weight excluding hydrogens is 401 g/mol. The van der Waals surface area contributed by atoms with E-state index in [2.05, 4.69) is 20.5 Å². The molecule has 30 heavy (non-hydrogen) atoms. The summed E-state index contributed by atoms with van der Waals surface area (Å²) in [5.74, 6) is 0.169. The highest BCUT2D eigenvalue weighted by molar-refractivity contribution is 7.71. The van der Waals surface area contributed by atoms with Gasteiger partial charge in [0.1, 0.15) is 5.82 Å². The molecule has 2 N–H and O–H groups in total. The van der Waals surface area contributed by atoms with Crippen LogP contribution < -0.4 is 5.32 Å². The average Bonchev–Trinajstić information content (AvgIpc) is 3.53. The summed E-state index contributed by atoms with van der Waals surface area (Å²) in [6, 6.07) is 15.7. The number of hydrogen-bond acceptors (Lipinski definition) is 4. The lowest BCUT2D eigenvalue weighted by Crippen LogP contribution is -2.25. The van der Waals surface area contributed by atoms with Crippen LogP contribution in [0, 0.1) is 10.6 Å². The van der Waals surface area contributed by atoms with Crippen LogP contribution in [0.15, 0.2) is 54.6 Å². The number of H-pyrrole nitrogens is 1. The third-order valence-electron chi connectivity index (χ3n) is 5.20. The van der Waals surface area contributed by atoms with Gasteiger partial charge < -0.3 is 5.32 Å². The predicted octanol–water partition coefficient (Wildman–Crippen LogP) is 4.56. The molecule has 5 rings (SSSR count). The molecule has 150 valence electrons. The van der Waals surface area contributed by atoms with E-state index in [1.807, 2.05) is 28.8 Å². The summed E-state index contributed by atoms with van der Waals surface area (Å²) in [7, 11) is 0. The molecule has 1 saturated carbocycles. The Hall–Kier alpha value is -3.39. The normalized spacial score (nSPS) is 13.5. The number of pyridine rings is 1. The summed E-state index contributed by atoms with van der Waals surface area (Å²) < 4.78 is 15.9. The number of halogens is 1. The molecular formula is C22H18FN5OS. The molecule has 1 fully saturated rings. The number of rotatable bonds is 5. The first-order valence-corrected chi connectivity index (χ1v) is 10.1. The number of carbonyl (C=O) groups is 1. The fourth-order valence-electron chi connectivity index (χ4n) is 3.56. The first-order chi connectivity index (χ1) is 14.6. The molecule has 0 bridgehead atoms. The molecule has 2 heterocycles. The van der Waals surface area contributed by atoms with Gasteiger partial charge in [-0.15, -0.1) is 0 Å². The Balaban J connectivity index is 1.49. The van der Waals surface area contributed by atoms with Gasteiger partial charge in [-0.3, -0.25) is 14.5 Å². The van der Waals surface area contributed by atoms with Crippen LogP contribution in [0.4, 0.5) is 4.39 Å². The van der Waals surface area contributed by atoms with Gasteiger partial charge in [0, 0.05) is 17.0 Å². The van der Waals surface area contributed by atoms with Crippen LogP contribution in [0.5, 0.6) is 0 Å². The lowest BCUT2D eigenvalue weighted by molar-refractivity contribution is 0.0951. The van der Waals surface area contributed by atoms with Crippen molar-refractivity contribution in [1.29, 1.82) is 0 Å². The Labute approximate surface area is 176 Å². The zero-order chi connectivity index (χ0) is 20.7. The third kappa shape index (κ3) is 3.50. The fourth-order valence-corrected chi connectivity index (χ4v) is 3.86. The van der Waals surface area contributed by atoms with E-state index in [1.54, 1.807) is 18.2 Å². The van der Waals surface area contributed by atoms with Crippen molar-refractivity contribution < 1.29 is 9.18 Å². The van der Waals surface area contributed by atoms with Gasteiger partial charge in [-0.2, -0.15) is 5.10 Å². The number of hydrogen-bond donors (Lipinski definition) is 2. The number of aromatic nitrogens is 4. The van der Waals surface area contributed by atoms with Crippen molar-refractivity contribution in [1.82, 2.24) is 25.1 Å². The average molecular weight is 419 g/mol. The Morgan fingerprint density at radius 1 is 1.20 bits per heavy atom. The number of benzene rings is 2. The number of nitrogens with one attached hydrogen (secondary N) is 2. The molecule has 0 atom stereocenters. The molecule has 0 saturated heterocycles. The van der Waals surface area contributed by atoms with Crippen LogP contribution in [-0.2, 0) is 6.54 Å². The summed E-state index contributed by atoms with van der Waals surface area (Å²) >= 11 is 5.30. The summed E-state index contributed by atoms with van der Waals surface area (Å²) in [4.78, 5) is 17.7. The second-order valence-electron chi connectivity index (χ2n) is 7.31. The van der Waals surface area contributed by atoms with Gasteiger partial charge in [-0.05, 0) is 61.5 Å². The van der Waals surface area contributed by atoms with Crippen LogP contribution in [-0.4, -0.2) is 25.7 Å². The highest BCUT2D eigenvalue weighted by Crippen LogP contribution is 2.35. The molecule has 0 radical (unpaired) electrons. The maximum Gasteiger partial charge on any atom is 0.252 e. The second kappa shape index (κ2) is 7.46. The fraction of sp³-hybridized carbons (Fsp3) is 0.182. The Bertz CT molecular complexity index is 1310.